The molecule has 5 rings (SSSR count). The van der Waals surface area contributed by atoms with E-state index in [9.17, 15) is 13.9 Å². The summed E-state index contributed by atoms with van der Waals surface area (Å²) in [5.74, 6) is -0.641. The highest BCUT2D eigenvalue weighted by molar-refractivity contribution is 9.10. The Hall–Kier alpha value is -2.95. The number of aliphatic hydroxyl groups is 1. The van der Waals surface area contributed by atoms with Gasteiger partial charge < -0.3 is 9.67 Å². The Labute approximate surface area is 203 Å². The lowest BCUT2D eigenvalue weighted by Crippen LogP contribution is -2.53. The molecule has 2 unspecified atom stereocenters. The maximum atomic E-state index is 14.9. The van der Waals surface area contributed by atoms with Crippen molar-refractivity contribution in [2.45, 2.75) is 38.2 Å². The number of rotatable bonds is 6. The summed E-state index contributed by atoms with van der Waals surface area (Å²) in [4.78, 5) is 10.8. The molecular formula is C24H23BrF2N6O. The number of halogens is 3. The molecule has 176 valence electrons. The summed E-state index contributed by atoms with van der Waals surface area (Å²) in [5, 5.41) is 16.0. The zero-order chi connectivity index (χ0) is 23.9. The molecule has 0 bridgehead atoms. The van der Waals surface area contributed by atoms with E-state index in [4.69, 9.17) is 4.98 Å². The smallest absolute Gasteiger partial charge is 0.137 e. The van der Waals surface area contributed by atoms with E-state index in [1.807, 2.05) is 37.4 Å². The van der Waals surface area contributed by atoms with Crippen molar-refractivity contribution in [1.29, 1.82) is 0 Å². The van der Waals surface area contributed by atoms with Crippen molar-refractivity contribution in [3.63, 3.8) is 0 Å². The summed E-state index contributed by atoms with van der Waals surface area (Å²) in [6.07, 6.45) is 4.85. The van der Waals surface area contributed by atoms with Gasteiger partial charge in [-0.1, -0.05) is 34.1 Å². The molecule has 10 heteroatoms. The highest BCUT2D eigenvalue weighted by Crippen LogP contribution is 2.34. The normalized spacial score (nSPS) is 16.7. The van der Waals surface area contributed by atoms with Gasteiger partial charge in [0.15, 0.2) is 0 Å². The lowest BCUT2D eigenvalue weighted by molar-refractivity contribution is -0.0709. The van der Waals surface area contributed by atoms with Gasteiger partial charge in [-0.2, -0.15) is 5.10 Å². The van der Waals surface area contributed by atoms with E-state index in [-0.39, 0.29) is 12.1 Å². The maximum absolute atomic E-state index is 14.9. The van der Waals surface area contributed by atoms with E-state index in [2.05, 4.69) is 35.5 Å². The first-order valence-electron chi connectivity index (χ1n) is 10.9. The van der Waals surface area contributed by atoms with Crippen LogP contribution in [0.4, 0.5) is 8.78 Å². The average Bonchev–Trinajstić information content (AvgIpc) is 3.47. The predicted molar refractivity (Wildman–Crippen MR) is 126 cm³/mol. The van der Waals surface area contributed by atoms with E-state index < -0.39 is 23.3 Å². The maximum Gasteiger partial charge on any atom is 0.137 e. The first-order chi connectivity index (χ1) is 16.3. The van der Waals surface area contributed by atoms with Crippen LogP contribution in [0.2, 0.25) is 0 Å². The second kappa shape index (κ2) is 9.01. The van der Waals surface area contributed by atoms with Gasteiger partial charge >= 0.3 is 0 Å². The molecule has 0 saturated carbocycles. The van der Waals surface area contributed by atoms with Crippen molar-refractivity contribution in [2.75, 3.05) is 6.54 Å². The molecule has 2 atom stereocenters. The number of hydrogen-bond donors (Lipinski definition) is 1. The van der Waals surface area contributed by atoms with Crippen molar-refractivity contribution >= 4 is 15.9 Å². The van der Waals surface area contributed by atoms with Crippen molar-refractivity contribution in [3.05, 3.63) is 88.8 Å². The Kier molecular flexibility index (Phi) is 6.05. The molecule has 0 saturated heterocycles. The summed E-state index contributed by atoms with van der Waals surface area (Å²) < 4.78 is 33.0. The number of fused-ring (bicyclic) bond motifs is 1. The largest absolute Gasteiger partial charge is 0.381 e. The van der Waals surface area contributed by atoms with Crippen LogP contribution in [0.1, 0.15) is 18.3 Å². The standard InChI is InChI=1S/C24H23BrF2N6O/c1-16(24(34,13-33-15-28-14-29-33)20-6-5-19(26)10-21(20)27)31-7-8-32-11-22(30-23(32)12-31)17-3-2-4-18(25)9-17/h2-6,9-11,14-16,34H,7-8,12-13H2,1H3. The summed E-state index contributed by atoms with van der Waals surface area (Å²) >= 11 is 3.50. The molecule has 3 heterocycles. The van der Waals surface area contributed by atoms with Gasteiger partial charge in [0.2, 0.25) is 0 Å². The molecule has 4 aromatic rings. The zero-order valence-electron chi connectivity index (χ0n) is 18.4. The third-order valence-electron chi connectivity index (χ3n) is 6.46. The summed E-state index contributed by atoms with van der Waals surface area (Å²) in [7, 11) is 0. The average molecular weight is 529 g/mol. The molecule has 2 aromatic heterocycles. The van der Waals surface area contributed by atoms with E-state index in [1.165, 1.54) is 23.4 Å². The third-order valence-corrected chi connectivity index (χ3v) is 6.95. The van der Waals surface area contributed by atoms with E-state index >= 15 is 0 Å². The Morgan fingerprint density at radius 2 is 2.03 bits per heavy atom. The minimum atomic E-state index is -1.69. The molecule has 0 spiro atoms. The van der Waals surface area contributed by atoms with Crippen molar-refractivity contribution in [2.24, 2.45) is 0 Å². The lowest BCUT2D eigenvalue weighted by Gasteiger charge is -2.42. The first kappa shape index (κ1) is 22.8. The fourth-order valence-corrected chi connectivity index (χ4v) is 4.93. The van der Waals surface area contributed by atoms with E-state index in [0.29, 0.717) is 19.6 Å². The molecule has 0 radical (unpaired) electrons. The topological polar surface area (TPSA) is 72.0 Å². The molecule has 1 aliphatic rings. The molecule has 0 amide bonds. The summed E-state index contributed by atoms with van der Waals surface area (Å²) in [6, 6.07) is 10.7. The van der Waals surface area contributed by atoms with Crippen molar-refractivity contribution < 1.29 is 13.9 Å². The molecule has 7 nitrogen and oxygen atoms in total. The highest BCUT2D eigenvalue weighted by Gasteiger charge is 2.43. The fourth-order valence-electron chi connectivity index (χ4n) is 4.53. The van der Waals surface area contributed by atoms with Gasteiger partial charge in [0.1, 0.15) is 35.7 Å². The number of aromatic nitrogens is 5. The van der Waals surface area contributed by atoms with E-state index in [1.54, 1.807) is 0 Å². The van der Waals surface area contributed by atoms with Crippen LogP contribution in [0.3, 0.4) is 0 Å². The highest BCUT2D eigenvalue weighted by atomic mass is 79.9. The van der Waals surface area contributed by atoms with Crippen LogP contribution in [-0.2, 0) is 25.2 Å². The van der Waals surface area contributed by atoms with Crippen LogP contribution in [0, 0.1) is 11.6 Å². The van der Waals surface area contributed by atoms with Gasteiger partial charge in [0.05, 0.1) is 18.8 Å². The fraction of sp³-hybridized carbons (Fsp3) is 0.292. The molecule has 2 aromatic carbocycles. The molecule has 34 heavy (non-hydrogen) atoms. The van der Waals surface area contributed by atoms with Crippen LogP contribution < -0.4 is 0 Å². The van der Waals surface area contributed by atoms with Crippen LogP contribution in [0.15, 0.2) is 65.8 Å². The van der Waals surface area contributed by atoms with Gasteiger partial charge in [-0.05, 0) is 25.1 Å². The van der Waals surface area contributed by atoms with Crippen LogP contribution in [0.25, 0.3) is 11.3 Å². The Morgan fingerprint density at radius 1 is 1.18 bits per heavy atom. The van der Waals surface area contributed by atoms with Gasteiger partial charge in [-0.3, -0.25) is 4.90 Å². The van der Waals surface area contributed by atoms with Gasteiger partial charge in [0, 0.05) is 47.0 Å². The van der Waals surface area contributed by atoms with Crippen LogP contribution in [0.5, 0.6) is 0 Å². The monoisotopic (exact) mass is 528 g/mol. The summed E-state index contributed by atoms with van der Waals surface area (Å²) in [5.41, 5.74) is 0.203. The second-order valence-corrected chi connectivity index (χ2v) is 9.45. The SMILES string of the molecule is CC(N1CCn2cc(-c3cccc(Br)c3)nc2C1)C(O)(Cn1cncn1)c1ccc(F)cc1F. The first-order valence-corrected chi connectivity index (χ1v) is 11.7. The minimum absolute atomic E-state index is 0.0145. The number of hydrogen-bond acceptors (Lipinski definition) is 5. The number of benzene rings is 2. The third kappa shape index (κ3) is 4.28. The van der Waals surface area contributed by atoms with Crippen molar-refractivity contribution in [1.82, 2.24) is 29.2 Å². The number of imidazole rings is 1. The van der Waals surface area contributed by atoms with E-state index in [0.717, 1.165) is 33.7 Å². The lowest BCUT2D eigenvalue weighted by atomic mass is 9.85. The Morgan fingerprint density at radius 3 is 2.76 bits per heavy atom. The molecule has 0 fully saturated rings. The second-order valence-electron chi connectivity index (χ2n) is 8.53. The molecule has 1 aliphatic heterocycles. The molecule has 0 aliphatic carbocycles. The Bertz CT molecular complexity index is 1310. The van der Waals surface area contributed by atoms with Crippen LogP contribution >= 0.6 is 15.9 Å². The van der Waals surface area contributed by atoms with Gasteiger partial charge in [-0.15, -0.1) is 0 Å². The predicted octanol–water partition coefficient (Wildman–Crippen LogP) is 3.97. The summed E-state index contributed by atoms with van der Waals surface area (Å²) in [6.45, 7) is 3.58. The minimum Gasteiger partial charge on any atom is -0.381 e. The van der Waals surface area contributed by atoms with Crippen molar-refractivity contribution in [3.8, 4) is 11.3 Å². The van der Waals surface area contributed by atoms with Crippen LogP contribution in [-0.4, -0.2) is 46.9 Å². The van der Waals surface area contributed by atoms with Gasteiger partial charge in [-0.25, -0.2) is 23.4 Å². The zero-order valence-corrected chi connectivity index (χ0v) is 20.0. The quantitative estimate of drug-likeness (QED) is 0.410. The molecular weight excluding hydrogens is 506 g/mol. The van der Waals surface area contributed by atoms with Gasteiger partial charge in [0.25, 0.3) is 0 Å². The molecule has 1 N–H and O–H groups in total. The Balaban J connectivity index is 1.46. The number of nitrogens with zero attached hydrogens (tertiary/aromatic N) is 6.